The Morgan fingerprint density at radius 2 is 2.04 bits per heavy atom. The molecule has 0 bridgehead atoms. The minimum atomic E-state index is -0.169. The molecule has 1 aromatic carbocycles. The average Bonchev–Trinajstić information content (AvgIpc) is 2.96. The molecule has 2 N–H and O–H groups in total. The lowest BCUT2D eigenvalue weighted by molar-refractivity contribution is -0.117. The molecule has 2 heterocycles. The lowest BCUT2D eigenvalue weighted by Gasteiger charge is -2.36. The lowest BCUT2D eigenvalue weighted by atomic mass is 10.00. The topological polar surface area (TPSA) is 72.9 Å². The van der Waals surface area contributed by atoms with Crippen LogP contribution in [0.1, 0.15) is 37.7 Å². The fourth-order valence-electron chi connectivity index (χ4n) is 3.75. The zero-order valence-corrected chi connectivity index (χ0v) is 14.8. The number of piperidine rings is 1. The monoisotopic (exact) mass is 345 g/mol. The second-order valence-electron chi connectivity index (χ2n) is 7.05. The molecule has 0 spiro atoms. The number of benzene rings is 1. The van der Waals surface area contributed by atoms with Crippen molar-refractivity contribution in [2.45, 2.75) is 51.1 Å². The van der Waals surface area contributed by atoms with E-state index in [1.54, 1.807) is 4.90 Å². The number of hydrogen-bond donors (Lipinski definition) is 2. The highest BCUT2D eigenvalue weighted by molar-refractivity contribution is 5.96. The lowest BCUT2D eigenvalue weighted by Crippen LogP contribution is -2.52. The number of nitrogens with zero attached hydrogens (tertiary/aromatic N) is 2. The summed E-state index contributed by atoms with van der Waals surface area (Å²) < 4.78 is 0. The van der Waals surface area contributed by atoms with Gasteiger partial charge in [-0.15, -0.1) is 0 Å². The number of carbonyl (C=O) groups excluding carboxylic acids is 2. The highest BCUT2D eigenvalue weighted by Crippen LogP contribution is 2.23. The molecule has 3 rings (SSSR count). The Morgan fingerprint density at radius 3 is 2.76 bits per heavy atom. The number of urea groups is 1. The fourth-order valence-corrected chi connectivity index (χ4v) is 3.75. The zero-order valence-electron chi connectivity index (χ0n) is 14.8. The maximum atomic E-state index is 12.6. The molecule has 0 unspecified atom stereocenters. The quantitative estimate of drug-likeness (QED) is 0.877. The van der Waals surface area contributed by atoms with Gasteiger partial charge in [-0.2, -0.15) is 0 Å². The van der Waals surface area contributed by atoms with E-state index in [-0.39, 0.29) is 30.6 Å². The zero-order chi connectivity index (χ0) is 17.8. The third-order valence-corrected chi connectivity index (χ3v) is 5.15. The van der Waals surface area contributed by atoms with Gasteiger partial charge in [-0.25, -0.2) is 4.79 Å². The van der Waals surface area contributed by atoms with Crippen LogP contribution in [0, 0.1) is 6.92 Å². The second kappa shape index (κ2) is 7.87. The maximum Gasteiger partial charge on any atom is 0.317 e. The van der Waals surface area contributed by atoms with Crippen molar-refractivity contribution in [3.05, 3.63) is 29.8 Å². The molecule has 2 fully saturated rings. The van der Waals surface area contributed by atoms with Crippen LogP contribution in [-0.4, -0.2) is 53.7 Å². The molecule has 25 heavy (non-hydrogen) atoms. The van der Waals surface area contributed by atoms with Crippen molar-refractivity contribution in [1.82, 2.24) is 10.2 Å². The van der Waals surface area contributed by atoms with Crippen LogP contribution in [0.4, 0.5) is 10.5 Å². The first-order valence-electron chi connectivity index (χ1n) is 9.13. The van der Waals surface area contributed by atoms with E-state index >= 15 is 0 Å². The maximum absolute atomic E-state index is 12.6. The molecule has 2 aliphatic heterocycles. The van der Waals surface area contributed by atoms with Gasteiger partial charge in [0.05, 0.1) is 6.04 Å². The molecular formula is C19H27N3O3. The van der Waals surface area contributed by atoms with E-state index in [0.29, 0.717) is 19.4 Å². The third-order valence-electron chi connectivity index (χ3n) is 5.15. The van der Waals surface area contributed by atoms with Crippen LogP contribution < -0.4 is 10.2 Å². The van der Waals surface area contributed by atoms with Crippen molar-refractivity contribution >= 4 is 17.6 Å². The number of aliphatic hydroxyl groups excluding tert-OH is 1. The highest BCUT2D eigenvalue weighted by Gasteiger charge is 2.34. The van der Waals surface area contributed by atoms with E-state index in [1.165, 1.54) is 0 Å². The molecule has 0 radical (unpaired) electrons. The smallest absolute Gasteiger partial charge is 0.317 e. The second-order valence-corrected chi connectivity index (χ2v) is 7.05. The Bertz CT molecular complexity index is 615. The molecule has 6 heteroatoms. The molecule has 2 saturated heterocycles. The summed E-state index contributed by atoms with van der Waals surface area (Å²) >= 11 is 0. The van der Waals surface area contributed by atoms with Gasteiger partial charge in [0.25, 0.3) is 0 Å². The Morgan fingerprint density at radius 1 is 1.28 bits per heavy atom. The number of nitrogens with one attached hydrogen (secondary N) is 1. The molecular weight excluding hydrogens is 318 g/mol. The number of aryl methyl sites for hydroxylation is 1. The Labute approximate surface area is 148 Å². The number of likely N-dealkylation sites (tertiary alicyclic amines) is 1. The first-order chi connectivity index (χ1) is 12.1. The predicted octanol–water partition coefficient (Wildman–Crippen LogP) is 2.05. The van der Waals surface area contributed by atoms with Gasteiger partial charge in [-0.1, -0.05) is 17.7 Å². The molecule has 0 aliphatic carbocycles. The van der Waals surface area contributed by atoms with Gasteiger partial charge < -0.3 is 20.2 Å². The SMILES string of the molecule is Cc1ccc(N2C[C@H](NC(=O)N3CCCC[C@H]3CCO)CC2=O)cc1. The van der Waals surface area contributed by atoms with Crippen LogP contribution in [0.3, 0.4) is 0 Å². The van der Waals surface area contributed by atoms with Crippen LogP contribution >= 0.6 is 0 Å². The Kier molecular flexibility index (Phi) is 5.58. The first-order valence-corrected chi connectivity index (χ1v) is 9.13. The van der Waals surface area contributed by atoms with Crippen LogP contribution in [0.5, 0.6) is 0 Å². The van der Waals surface area contributed by atoms with Gasteiger partial charge in [0, 0.05) is 37.8 Å². The van der Waals surface area contributed by atoms with Gasteiger partial charge in [-0.3, -0.25) is 4.79 Å². The third kappa shape index (κ3) is 4.12. The summed E-state index contributed by atoms with van der Waals surface area (Å²) in [5, 5.41) is 12.2. The standard InChI is InChI=1S/C19H27N3O3/c1-14-5-7-17(8-6-14)22-13-15(12-18(22)24)20-19(25)21-10-3-2-4-16(21)9-11-23/h5-8,15-16,23H,2-4,9-13H2,1H3,(H,20,25)/t15-,16+/m1/s1. The molecule has 0 saturated carbocycles. The highest BCUT2D eigenvalue weighted by atomic mass is 16.3. The van der Waals surface area contributed by atoms with Gasteiger partial charge in [0.2, 0.25) is 5.91 Å². The van der Waals surface area contributed by atoms with E-state index in [2.05, 4.69) is 5.32 Å². The Balaban J connectivity index is 1.60. The van der Waals surface area contributed by atoms with E-state index in [4.69, 9.17) is 0 Å². The van der Waals surface area contributed by atoms with Crippen molar-refractivity contribution in [2.75, 3.05) is 24.6 Å². The molecule has 6 nitrogen and oxygen atoms in total. The summed E-state index contributed by atoms with van der Waals surface area (Å²) in [6.45, 7) is 3.34. The molecule has 0 aromatic heterocycles. The van der Waals surface area contributed by atoms with E-state index in [1.807, 2.05) is 36.1 Å². The summed E-state index contributed by atoms with van der Waals surface area (Å²) in [4.78, 5) is 28.5. The van der Waals surface area contributed by atoms with Gasteiger partial charge in [0.15, 0.2) is 0 Å². The number of anilines is 1. The van der Waals surface area contributed by atoms with Crippen LogP contribution in [0.25, 0.3) is 0 Å². The Hall–Kier alpha value is -2.08. The molecule has 3 amide bonds. The largest absolute Gasteiger partial charge is 0.396 e. The van der Waals surface area contributed by atoms with Crippen molar-refractivity contribution in [3.8, 4) is 0 Å². The molecule has 136 valence electrons. The van der Waals surface area contributed by atoms with Gasteiger partial charge >= 0.3 is 6.03 Å². The minimum absolute atomic E-state index is 0.0414. The number of aliphatic hydroxyl groups is 1. The van der Waals surface area contributed by atoms with Crippen molar-refractivity contribution in [2.24, 2.45) is 0 Å². The minimum Gasteiger partial charge on any atom is -0.396 e. The van der Waals surface area contributed by atoms with Crippen LogP contribution in [0.2, 0.25) is 0 Å². The van der Waals surface area contributed by atoms with Gasteiger partial charge in [0.1, 0.15) is 0 Å². The van der Waals surface area contributed by atoms with Gasteiger partial charge in [-0.05, 0) is 44.7 Å². The first kappa shape index (κ1) is 17.7. The summed E-state index contributed by atoms with van der Waals surface area (Å²) in [5.74, 6) is 0.0414. The van der Waals surface area contributed by atoms with Crippen molar-refractivity contribution < 1.29 is 14.7 Å². The summed E-state index contributed by atoms with van der Waals surface area (Å²) in [7, 11) is 0. The number of rotatable bonds is 4. The average molecular weight is 345 g/mol. The number of hydrogen-bond acceptors (Lipinski definition) is 3. The fraction of sp³-hybridized carbons (Fsp3) is 0.579. The van der Waals surface area contributed by atoms with Crippen molar-refractivity contribution in [3.63, 3.8) is 0 Å². The normalized spacial score (nSPS) is 23.8. The summed E-state index contributed by atoms with van der Waals surface area (Å²) in [6, 6.07) is 7.69. The predicted molar refractivity (Wildman–Crippen MR) is 96.5 cm³/mol. The van der Waals surface area contributed by atoms with E-state index < -0.39 is 0 Å². The molecule has 2 atom stereocenters. The van der Waals surface area contributed by atoms with E-state index in [0.717, 1.165) is 37.1 Å². The summed E-state index contributed by atoms with van der Waals surface area (Å²) in [6.07, 6.45) is 3.98. The number of amides is 3. The van der Waals surface area contributed by atoms with Crippen molar-refractivity contribution in [1.29, 1.82) is 0 Å². The molecule has 1 aromatic rings. The molecule has 2 aliphatic rings. The summed E-state index contributed by atoms with van der Waals surface area (Å²) in [5.41, 5.74) is 2.03. The van der Waals surface area contributed by atoms with E-state index in [9.17, 15) is 14.7 Å². The van der Waals surface area contributed by atoms with Crippen LogP contribution in [-0.2, 0) is 4.79 Å². The number of carbonyl (C=O) groups is 2. The van der Waals surface area contributed by atoms with Crippen LogP contribution in [0.15, 0.2) is 24.3 Å².